The maximum Gasteiger partial charge on any atom is 0.0820 e. The van der Waals surface area contributed by atoms with Gasteiger partial charge in [-0.1, -0.05) is 26.0 Å². The fraction of sp³-hybridized carbons (Fsp3) is 0.857. The molecule has 0 saturated carbocycles. The van der Waals surface area contributed by atoms with E-state index in [-0.39, 0.29) is 0 Å². The van der Waals surface area contributed by atoms with Gasteiger partial charge >= 0.3 is 0 Å². The first-order valence-electron chi connectivity index (χ1n) is 6.62. The maximum atomic E-state index is 9.12. The number of aliphatic hydroxyl groups is 2. The van der Waals surface area contributed by atoms with E-state index in [1.165, 1.54) is 0 Å². The molecule has 0 aromatic rings. The molecule has 0 aliphatic carbocycles. The molecule has 0 amide bonds. The Labute approximate surface area is 112 Å². The second kappa shape index (κ2) is 16.6. The van der Waals surface area contributed by atoms with Gasteiger partial charge in [0.15, 0.2) is 0 Å². The van der Waals surface area contributed by atoms with Gasteiger partial charge in [-0.05, 0) is 25.7 Å². The SMILES string of the molecule is CC/C=C/CCOC.CCC(O)C(O)CCOC. The maximum absolute atomic E-state index is 9.12. The normalized spacial score (nSPS) is 14.1. The lowest BCUT2D eigenvalue weighted by Gasteiger charge is -2.14. The van der Waals surface area contributed by atoms with Crippen LogP contribution in [0.4, 0.5) is 0 Å². The number of rotatable bonds is 9. The van der Waals surface area contributed by atoms with Crippen LogP contribution >= 0.6 is 0 Å². The molecule has 2 N–H and O–H groups in total. The fourth-order valence-corrected chi connectivity index (χ4v) is 1.17. The van der Waals surface area contributed by atoms with Crippen LogP contribution in [0.1, 0.15) is 39.5 Å². The van der Waals surface area contributed by atoms with Crippen molar-refractivity contribution >= 4 is 0 Å². The Balaban J connectivity index is 0. The average molecular weight is 262 g/mol. The van der Waals surface area contributed by atoms with E-state index >= 15 is 0 Å². The first-order chi connectivity index (χ1) is 8.63. The van der Waals surface area contributed by atoms with Gasteiger partial charge in [-0.15, -0.1) is 0 Å². The van der Waals surface area contributed by atoms with Crippen LogP contribution < -0.4 is 0 Å². The standard InChI is InChI=1S/C7H16O3.C7H14O/c1-3-6(8)7(9)4-5-10-2;1-3-4-5-6-7-8-2/h6-9H,3-5H2,1-2H3;4-5H,3,6-7H2,1-2H3/b;5-4+. The Morgan fingerprint density at radius 3 is 2.00 bits per heavy atom. The number of hydrogen-bond acceptors (Lipinski definition) is 4. The molecule has 0 bridgehead atoms. The van der Waals surface area contributed by atoms with Crippen molar-refractivity contribution in [1.82, 2.24) is 0 Å². The van der Waals surface area contributed by atoms with Crippen LogP contribution in [0.25, 0.3) is 0 Å². The van der Waals surface area contributed by atoms with Gasteiger partial charge in [0.05, 0.1) is 12.2 Å². The van der Waals surface area contributed by atoms with E-state index in [0.717, 1.165) is 19.4 Å². The summed E-state index contributed by atoms with van der Waals surface area (Å²) < 4.78 is 9.57. The molecule has 2 atom stereocenters. The van der Waals surface area contributed by atoms with Crippen molar-refractivity contribution in [3.05, 3.63) is 12.2 Å². The van der Waals surface area contributed by atoms with Gasteiger partial charge < -0.3 is 19.7 Å². The van der Waals surface area contributed by atoms with Gasteiger partial charge in [0.1, 0.15) is 0 Å². The molecule has 0 aliphatic heterocycles. The third-order valence-corrected chi connectivity index (χ3v) is 2.37. The molecule has 0 radical (unpaired) electrons. The summed E-state index contributed by atoms with van der Waals surface area (Å²) >= 11 is 0. The van der Waals surface area contributed by atoms with Gasteiger partial charge in [0, 0.05) is 27.4 Å². The smallest absolute Gasteiger partial charge is 0.0820 e. The summed E-state index contributed by atoms with van der Waals surface area (Å²) in [5.41, 5.74) is 0. The highest BCUT2D eigenvalue weighted by molar-refractivity contribution is 4.79. The molecule has 18 heavy (non-hydrogen) atoms. The van der Waals surface area contributed by atoms with Crippen LogP contribution in [0.5, 0.6) is 0 Å². The Bertz CT molecular complexity index is 171. The number of aliphatic hydroxyl groups excluding tert-OH is 2. The van der Waals surface area contributed by atoms with Crippen LogP contribution in [-0.4, -0.2) is 49.9 Å². The van der Waals surface area contributed by atoms with E-state index in [1.807, 2.05) is 6.92 Å². The Hall–Kier alpha value is -0.420. The lowest BCUT2D eigenvalue weighted by Crippen LogP contribution is -2.26. The number of methoxy groups -OCH3 is 2. The van der Waals surface area contributed by atoms with Crippen molar-refractivity contribution in [2.75, 3.05) is 27.4 Å². The van der Waals surface area contributed by atoms with E-state index in [9.17, 15) is 0 Å². The van der Waals surface area contributed by atoms with Gasteiger partial charge in [-0.3, -0.25) is 0 Å². The fourth-order valence-electron chi connectivity index (χ4n) is 1.17. The average Bonchev–Trinajstić information content (AvgIpc) is 2.40. The largest absolute Gasteiger partial charge is 0.390 e. The summed E-state index contributed by atoms with van der Waals surface area (Å²) in [6, 6.07) is 0. The summed E-state index contributed by atoms with van der Waals surface area (Å²) in [6.45, 7) is 5.30. The predicted octanol–water partition coefficient (Wildman–Crippen LogP) is 2.14. The molecule has 0 rings (SSSR count). The summed E-state index contributed by atoms with van der Waals surface area (Å²) in [5, 5.41) is 18.2. The lowest BCUT2D eigenvalue weighted by atomic mass is 10.1. The first-order valence-corrected chi connectivity index (χ1v) is 6.62. The van der Waals surface area contributed by atoms with E-state index in [1.54, 1.807) is 14.2 Å². The topological polar surface area (TPSA) is 58.9 Å². The minimum Gasteiger partial charge on any atom is -0.390 e. The second-order valence-corrected chi connectivity index (χ2v) is 3.99. The molecule has 110 valence electrons. The minimum absolute atomic E-state index is 0.498. The van der Waals surface area contributed by atoms with Crippen molar-refractivity contribution in [2.45, 2.75) is 51.7 Å². The van der Waals surface area contributed by atoms with Gasteiger partial charge in [0.25, 0.3) is 0 Å². The van der Waals surface area contributed by atoms with Crippen molar-refractivity contribution < 1.29 is 19.7 Å². The van der Waals surface area contributed by atoms with Crippen LogP contribution in [0.15, 0.2) is 12.2 Å². The van der Waals surface area contributed by atoms with Crippen molar-refractivity contribution in [1.29, 1.82) is 0 Å². The van der Waals surface area contributed by atoms with Gasteiger partial charge in [-0.2, -0.15) is 0 Å². The molecule has 0 saturated heterocycles. The van der Waals surface area contributed by atoms with Crippen molar-refractivity contribution in [3.8, 4) is 0 Å². The van der Waals surface area contributed by atoms with Crippen LogP contribution in [0.3, 0.4) is 0 Å². The number of hydrogen-bond donors (Lipinski definition) is 2. The highest BCUT2D eigenvalue weighted by Gasteiger charge is 2.12. The van der Waals surface area contributed by atoms with Gasteiger partial charge in [-0.25, -0.2) is 0 Å². The molecule has 0 heterocycles. The summed E-state index contributed by atoms with van der Waals surface area (Å²) in [6.07, 6.45) is 6.33. The molecule has 0 spiro atoms. The Morgan fingerprint density at radius 1 is 0.944 bits per heavy atom. The molecule has 0 aromatic heterocycles. The third-order valence-electron chi connectivity index (χ3n) is 2.37. The van der Waals surface area contributed by atoms with Crippen molar-refractivity contribution in [3.63, 3.8) is 0 Å². The molecular weight excluding hydrogens is 232 g/mol. The lowest BCUT2D eigenvalue weighted by molar-refractivity contribution is -0.000536. The zero-order valence-electron chi connectivity index (χ0n) is 12.3. The minimum atomic E-state index is -0.634. The highest BCUT2D eigenvalue weighted by Crippen LogP contribution is 2.02. The zero-order chi connectivity index (χ0) is 14.2. The van der Waals surface area contributed by atoms with E-state index in [0.29, 0.717) is 19.4 Å². The summed E-state index contributed by atoms with van der Waals surface area (Å²) in [5.74, 6) is 0. The summed E-state index contributed by atoms with van der Waals surface area (Å²) in [4.78, 5) is 0. The van der Waals surface area contributed by atoms with Crippen LogP contribution in [0.2, 0.25) is 0 Å². The Kier molecular flexibility index (Phi) is 18.3. The zero-order valence-corrected chi connectivity index (χ0v) is 12.3. The Morgan fingerprint density at radius 2 is 1.56 bits per heavy atom. The molecule has 0 fully saturated rings. The summed E-state index contributed by atoms with van der Waals surface area (Å²) in [7, 11) is 3.30. The van der Waals surface area contributed by atoms with E-state index in [4.69, 9.17) is 19.7 Å². The second-order valence-electron chi connectivity index (χ2n) is 3.99. The monoisotopic (exact) mass is 262 g/mol. The third kappa shape index (κ3) is 15.6. The molecule has 0 aromatic carbocycles. The van der Waals surface area contributed by atoms with Crippen LogP contribution in [0, 0.1) is 0 Å². The molecule has 4 heteroatoms. The van der Waals surface area contributed by atoms with Crippen molar-refractivity contribution in [2.24, 2.45) is 0 Å². The first kappa shape index (κ1) is 19.9. The van der Waals surface area contributed by atoms with Gasteiger partial charge in [0.2, 0.25) is 0 Å². The molecular formula is C14H30O4. The number of ether oxygens (including phenoxy) is 2. The molecule has 2 unspecified atom stereocenters. The van der Waals surface area contributed by atoms with Crippen LogP contribution in [-0.2, 0) is 9.47 Å². The quantitative estimate of drug-likeness (QED) is 0.494. The predicted molar refractivity (Wildman–Crippen MR) is 74.7 cm³/mol. The highest BCUT2D eigenvalue weighted by atomic mass is 16.5. The molecule has 4 nitrogen and oxygen atoms in total. The van der Waals surface area contributed by atoms with E-state index in [2.05, 4.69) is 19.1 Å². The number of allylic oxidation sites excluding steroid dienone is 1. The van der Waals surface area contributed by atoms with E-state index < -0.39 is 12.2 Å². The molecule has 0 aliphatic rings.